The molecule has 0 saturated carbocycles. The lowest BCUT2D eigenvalue weighted by Gasteiger charge is -2.10. The van der Waals surface area contributed by atoms with E-state index in [-0.39, 0.29) is 0 Å². The number of aromatic nitrogens is 4. The number of benzene rings is 6. The molecule has 0 atom stereocenters. The van der Waals surface area contributed by atoms with Gasteiger partial charge in [-0.15, -0.1) is 0 Å². The van der Waals surface area contributed by atoms with Gasteiger partial charge in [0.25, 0.3) is 0 Å². The summed E-state index contributed by atoms with van der Waals surface area (Å²) in [6, 6.07) is 60.1. The first kappa shape index (κ1) is 26.7. The Morgan fingerprint density at radius 1 is 0.292 bits per heavy atom. The maximum atomic E-state index is 5.01. The van der Waals surface area contributed by atoms with Gasteiger partial charge in [0, 0.05) is 44.0 Å². The summed E-state index contributed by atoms with van der Waals surface area (Å²) in [7, 11) is 0. The highest BCUT2D eigenvalue weighted by Crippen LogP contribution is 2.34. The van der Waals surface area contributed by atoms with Crippen molar-refractivity contribution in [3.63, 3.8) is 0 Å². The summed E-state index contributed by atoms with van der Waals surface area (Å²) in [5, 5.41) is 5.05. The molecule has 48 heavy (non-hydrogen) atoms. The largest absolute Gasteiger partial charge is 0.309 e. The molecule has 6 aromatic carbocycles. The first-order chi connectivity index (χ1) is 23.8. The highest BCUT2D eigenvalue weighted by atomic mass is 15.0. The first-order valence-corrected chi connectivity index (χ1v) is 16.3. The van der Waals surface area contributed by atoms with E-state index in [4.69, 9.17) is 9.97 Å². The normalized spacial score (nSPS) is 11.8. The van der Waals surface area contributed by atoms with E-state index >= 15 is 0 Å². The highest BCUT2D eigenvalue weighted by Gasteiger charge is 2.14. The molecule has 0 spiro atoms. The molecule has 0 fully saturated rings. The predicted molar refractivity (Wildman–Crippen MR) is 199 cm³/mol. The van der Waals surface area contributed by atoms with Crippen molar-refractivity contribution in [2.75, 3.05) is 0 Å². The molecule has 4 heterocycles. The Kier molecular flexibility index (Phi) is 5.84. The van der Waals surface area contributed by atoms with Gasteiger partial charge in [-0.1, -0.05) is 97.1 Å². The Morgan fingerprint density at radius 2 is 0.604 bits per heavy atom. The van der Waals surface area contributed by atoms with E-state index in [1.807, 2.05) is 0 Å². The van der Waals surface area contributed by atoms with Gasteiger partial charge in [-0.05, 0) is 72.8 Å². The van der Waals surface area contributed by atoms with E-state index in [2.05, 4.69) is 179 Å². The van der Waals surface area contributed by atoms with E-state index < -0.39 is 0 Å². The summed E-state index contributed by atoms with van der Waals surface area (Å²) in [6.07, 6.45) is 0. The zero-order valence-corrected chi connectivity index (χ0v) is 26.0. The number of rotatable bonds is 4. The zero-order valence-electron chi connectivity index (χ0n) is 26.0. The summed E-state index contributed by atoms with van der Waals surface area (Å²) in [6.45, 7) is 0. The third-order valence-corrected chi connectivity index (χ3v) is 9.55. The number of pyridine rings is 2. The molecule has 0 unspecified atom stereocenters. The monoisotopic (exact) mass is 612 g/mol. The lowest BCUT2D eigenvalue weighted by Crippen LogP contribution is -1.95. The van der Waals surface area contributed by atoms with Gasteiger partial charge in [0.2, 0.25) is 0 Å². The Labute approximate surface area is 276 Å². The van der Waals surface area contributed by atoms with E-state index in [9.17, 15) is 0 Å². The summed E-state index contributed by atoms with van der Waals surface area (Å²) in [4.78, 5) is 10.0. The van der Waals surface area contributed by atoms with Crippen LogP contribution in [-0.2, 0) is 0 Å². The molecule has 224 valence electrons. The molecule has 4 nitrogen and oxygen atoms in total. The van der Waals surface area contributed by atoms with Gasteiger partial charge in [0.15, 0.2) is 0 Å². The van der Waals surface area contributed by atoms with Crippen LogP contribution in [0, 0.1) is 0 Å². The molecule has 0 N–H and O–H groups in total. The average molecular weight is 613 g/mol. The Hall–Kier alpha value is -6.52. The fourth-order valence-electron chi connectivity index (χ4n) is 7.30. The van der Waals surface area contributed by atoms with Crippen molar-refractivity contribution < 1.29 is 0 Å². The van der Waals surface area contributed by atoms with Crippen LogP contribution in [0.5, 0.6) is 0 Å². The topological polar surface area (TPSA) is 35.6 Å². The highest BCUT2D eigenvalue weighted by molar-refractivity contribution is 6.10. The van der Waals surface area contributed by atoms with Crippen LogP contribution in [0.15, 0.2) is 170 Å². The van der Waals surface area contributed by atoms with E-state index in [0.29, 0.717) is 0 Å². The lowest BCUT2D eigenvalue weighted by atomic mass is 10.1. The molecule has 10 rings (SSSR count). The van der Waals surface area contributed by atoms with Gasteiger partial charge >= 0.3 is 0 Å². The van der Waals surface area contributed by atoms with Crippen LogP contribution in [0.1, 0.15) is 0 Å². The second-order valence-electron chi connectivity index (χ2n) is 12.3. The van der Waals surface area contributed by atoms with Crippen LogP contribution in [0.25, 0.3) is 88.5 Å². The van der Waals surface area contributed by atoms with Crippen LogP contribution in [0.4, 0.5) is 0 Å². The first-order valence-electron chi connectivity index (χ1n) is 16.3. The standard InChI is InChI=1S/C44H28N4/c1-5-13-41-33(9-1)34-10-2-6-14-42(34)47(41)31-21-17-29(18-22-31)37-25-27-40-39(45-37)28-26-38(46-40)30-19-23-32(24-20-30)48-43-15-7-3-11-35(43)36-12-4-8-16-44(36)48/h1-28H. The number of hydrogen-bond acceptors (Lipinski definition) is 2. The molecule has 0 aliphatic rings. The summed E-state index contributed by atoms with van der Waals surface area (Å²) < 4.78 is 4.67. The molecule has 0 aliphatic heterocycles. The molecule has 0 saturated heterocycles. The molecule has 0 radical (unpaired) electrons. The molecular weight excluding hydrogens is 585 g/mol. The SMILES string of the molecule is c1ccc2c(c1)c1ccccc1n2-c1ccc(-c2ccc3nc(-c4ccc(-n5c6ccccc6c6ccccc65)cc4)ccc3n2)cc1. The second-order valence-corrected chi connectivity index (χ2v) is 12.3. The predicted octanol–water partition coefficient (Wildman–Crippen LogP) is 11.2. The number of para-hydroxylation sites is 4. The van der Waals surface area contributed by atoms with Crippen molar-refractivity contribution in [2.45, 2.75) is 0 Å². The van der Waals surface area contributed by atoms with Gasteiger partial charge in [-0.25, -0.2) is 9.97 Å². The van der Waals surface area contributed by atoms with E-state index in [0.717, 1.165) is 44.9 Å². The minimum absolute atomic E-state index is 0.879. The van der Waals surface area contributed by atoms with E-state index in [1.165, 1.54) is 43.6 Å². The van der Waals surface area contributed by atoms with Crippen LogP contribution in [0.3, 0.4) is 0 Å². The second kappa shape index (κ2) is 10.5. The van der Waals surface area contributed by atoms with Crippen molar-refractivity contribution in [1.29, 1.82) is 0 Å². The summed E-state index contributed by atoms with van der Waals surface area (Å²) >= 11 is 0. The van der Waals surface area contributed by atoms with Crippen molar-refractivity contribution >= 4 is 54.6 Å². The Balaban J connectivity index is 0.963. The Morgan fingerprint density at radius 3 is 0.938 bits per heavy atom. The van der Waals surface area contributed by atoms with E-state index in [1.54, 1.807) is 0 Å². The third kappa shape index (κ3) is 4.10. The number of hydrogen-bond donors (Lipinski definition) is 0. The fourth-order valence-corrected chi connectivity index (χ4v) is 7.30. The van der Waals surface area contributed by atoms with Gasteiger partial charge in [0.1, 0.15) is 0 Å². The maximum Gasteiger partial charge on any atom is 0.0894 e. The van der Waals surface area contributed by atoms with Gasteiger partial charge in [-0.2, -0.15) is 0 Å². The van der Waals surface area contributed by atoms with Crippen LogP contribution < -0.4 is 0 Å². The van der Waals surface area contributed by atoms with Crippen LogP contribution in [0.2, 0.25) is 0 Å². The fraction of sp³-hybridized carbons (Fsp3) is 0. The van der Waals surface area contributed by atoms with Crippen molar-refractivity contribution in [1.82, 2.24) is 19.1 Å². The van der Waals surface area contributed by atoms with Gasteiger partial charge in [-0.3, -0.25) is 0 Å². The molecule has 0 aliphatic carbocycles. The zero-order chi connectivity index (χ0) is 31.6. The van der Waals surface area contributed by atoms with Crippen molar-refractivity contribution in [3.8, 4) is 33.9 Å². The third-order valence-electron chi connectivity index (χ3n) is 9.55. The van der Waals surface area contributed by atoms with Crippen molar-refractivity contribution in [3.05, 3.63) is 170 Å². The maximum absolute atomic E-state index is 5.01. The minimum atomic E-state index is 0.879. The lowest BCUT2D eigenvalue weighted by molar-refractivity contribution is 1.18. The summed E-state index contributed by atoms with van der Waals surface area (Å²) in [5.41, 5.74) is 12.9. The molecule has 10 aromatic rings. The average Bonchev–Trinajstić information content (AvgIpc) is 3.68. The smallest absolute Gasteiger partial charge is 0.0894 e. The molecular formula is C44H28N4. The van der Waals surface area contributed by atoms with Crippen LogP contribution >= 0.6 is 0 Å². The van der Waals surface area contributed by atoms with Crippen LogP contribution in [-0.4, -0.2) is 19.1 Å². The van der Waals surface area contributed by atoms with Gasteiger partial charge < -0.3 is 9.13 Å². The molecule has 0 bridgehead atoms. The number of fused-ring (bicyclic) bond motifs is 7. The van der Waals surface area contributed by atoms with Gasteiger partial charge in [0.05, 0.1) is 44.5 Å². The molecule has 0 amide bonds. The Bertz CT molecular complexity index is 2520. The summed E-state index contributed by atoms with van der Waals surface area (Å²) in [5.74, 6) is 0. The molecule has 4 aromatic heterocycles. The number of nitrogens with zero attached hydrogens (tertiary/aromatic N) is 4. The minimum Gasteiger partial charge on any atom is -0.309 e. The quantitative estimate of drug-likeness (QED) is 0.198. The molecule has 4 heteroatoms. The van der Waals surface area contributed by atoms with Crippen molar-refractivity contribution in [2.24, 2.45) is 0 Å².